The molecule has 1 amide bonds. The number of benzene rings is 1. The van der Waals surface area contributed by atoms with Crippen LogP contribution >= 0.6 is 0 Å². The van der Waals surface area contributed by atoms with Crippen LogP contribution in [-0.4, -0.2) is 73.0 Å². The largest absolute Gasteiger partial charge is 0.481 e. The second-order valence-electron chi connectivity index (χ2n) is 9.71. The molecule has 3 rings (SSSR count). The van der Waals surface area contributed by atoms with Crippen LogP contribution in [0.5, 0.6) is 5.88 Å². The highest BCUT2D eigenvalue weighted by Crippen LogP contribution is 2.31. The zero-order valence-electron chi connectivity index (χ0n) is 23.9. The number of carbonyl (C=O) groups is 1. The summed E-state index contributed by atoms with van der Waals surface area (Å²) >= 11 is 0. The summed E-state index contributed by atoms with van der Waals surface area (Å²) in [5, 5.41) is 5.54. The second kappa shape index (κ2) is 14.6. The van der Waals surface area contributed by atoms with Gasteiger partial charge in [-0.2, -0.15) is 13.2 Å². The minimum atomic E-state index is -4.66. The van der Waals surface area contributed by atoms with Crippen molar-refractivity contribution >= 4 is 23.1 Å². The summed E-state index contributed by atoms with van der Waals surface area (Å²) in [4.78, 5) is 25.2. The van der Waals surface area contributed by atoms with E-state index in [-0.39, 0.29) is 11.5 Å². The van der Waals surface area contributed by atoms with Crippen molar-refractivity contribution in [1.82, 2.24) is 20.1 Å². The number of carbonyl (C=O) groups excluding carboxylic acids is 1. The number of hydrogen-bond acceptors (Lipinski definition) is 6. The molecule has 2 N–H and O–H groups in total. The molecule has 1 aliphatic heterocycles. The van der Waals surface area contributed by atoms with Crippen LogP contribution in [-0.2, 0) is 17.8 Å². The van der Waals surface area contributed by atoms with E-state index in [2.05, 4.69) is 44.0 Å². The fourth-order valence-electron chi connectivity index (χ4n) is 4.24. The number of pyridine rings is 1. The lowest BCUT2D eigenvalue weighted by Crippen LogP contribution is -2.43. The smallest absolute Gasteiger partial charge is 0.419 e. The van der Waals surface area contributed by atoms with E-state index in [4.69, 9.17) is 4.74 Å². The number of amides is 1. The van der Waals surface area contributed by atoms with Crippen LogP contribution in [0.15, 0.2) is 77.6 Å². The topological polar surface area (TPSA) is 82.1 Å². The number of anilines is 1. The van der Waals surface area contributed by atoms with Crippen molar-refractivity contribution in [3.05, 3.63) is 83.7 Å². The molecule has 2 aromatic rings. The quantitative estimate of drug-likeness (QED) is 0.231. The normalized spacial score (nSPS) is 15.9. The van der Waals surface area contributed by atoms with Crippen molar-refractivity contribution in [3.63, 3.8) is 0 Å². The molecule has 0 radical (unpaired) electrons. The second-order valence-corrected chi connectivity index (χ2v) is 9.71. The zero-order chi connectivity index (χ0) is 30.0. The molecular formula is C30H37F3N6O2. The molecule has 0 unspecified atom stereocenters. The summed E-state index contributed by atoms with van der Waals surface area (Å²) in [6, 6.07) is 8.74. The fourth-order valence-corrected chi connectivity index (χ4v) is 4.24. The van der Waals surface area contributed by atoms with E-state index in [9.17, 15) is 18.0 Å². The Morgan fingerprint density at radius 1 is 1.17 bits per heavy atom. The number of aliphatic imine (C=N–C) groups is 1. The van der Waals surface area contributed by atoms with Gasteiger partial charge in [0.1, 0.15) is 5.84 Å². The van der Waals surface area contributed by atoms with E-state index in [1.165, 1.54) is 14.0 Å². The standard InChI is InChI=1S/C30H37F3N6O2/c1-6-24(30(31,32)33)29(35-21(3)8-9-22-12-13-34-28(19-22)41-5)37-25-11-10-23(18-26(25)36-27(40)7-2)20-39-16-14-38(4)15-17-39/h6-8,10-13,18-19H,2,9,14-17,20H2,1,3-5H3,(H,35,37)(H,36,40)/b21-8-,24-6+. The van der Waals surface area contributed by atoms with E-state index >= 15 is 0 Å². The van der Waals surface area contributed by atoms with Crippen molar-refractivity contribution in [2.75, 3.05) is 45.7 Å². The van der Waals surface area contributed by atoms with E-state index in [1.807, 2.05) is 6.07 Å². The number of amidine groups is 1. The number of ether oxygens (including phenoxy) is 1. The van der Waals surface area contributed by atoms with Gasteiger partial charge < -0.3 is 20.3 Å². The van der Waals surface area contributed by atoms with Gasteiger partial charge in [-0.25, -0.2) is 9.98 Å². The molecule has 41 heavy (non-hydrogen) atoms. The van der Waals surface area contributed by atoms with Gasteiger partial charge in [0.25, 0.3) is 0 Å². The number of nitrogens with one attached hydrogen (secondary N) is 2. The summed E-state index contributed by atoms with van der Waals surface area (Å²) in [6.07, 6.45) is 1.21. The Kier molecular flexibility index (Phi) is 11.2. The number of aromatic nitrogens is 1. The molecule has 8 nitrogen and oxygen atoms in total. The molecule has 220 valence electrons. The number of allylic oxidation sites excluding steroid dienone is 3. The van der Waals surface area contributed by atoms with Gasteiger partial charge in [0, 0.05) is 50.7 Å². The van der Waals surface area contributed by atoms with Crippen LogP contribution in [0.3, 0.4) is 0 Å². The predicted octanol–water partition coefficient (Wildman–Crippen LogP) is 5.24. The maximum Gasteiger partial charge on any atom is 0.419 e. The average Bonchev–Trinajstić information content (AvgIpc) is 2.94. The first-order chi connectivity index (χ1) is 19.5. The minimum absolute atomic E-state index is 0.181. The fraction of sp³-hybridized carbons (Fsp3) is 0.367. The highest BCUT2D eigenvalue weighted by Gasteiger charge is 2.36. The average molecular weight is 571 g/mol. The minimum Gasteiger partial charge on any atom is -0.481 e. The highest BCUT2D eigenvalue weighted by atomic mass is 19.4. The Labute approximate surface area is 239 Å². The summed E-state index contributed by atoms with van der Waals surface area (Å²) in [5.41, 5.74) is 1.80. The number of alkyl halides is 3. The van der Waals surface area contributed by atoms with Crippen molar-refractivity contribution in [2.24, 2.45) is 4.99 Å². The molecule has 1 saturated heterocycles. The lowest BCUT2D eigenvalue weighted by atomic mass is 10.1. The first-order valence-corrected chi connectivity index (χ1v) is 13.2. The van der Waals surface area contributed by atoms with Crippen molar-refractivity contribution < 1.29 is 22.7 Å². The summed E-state index contributed by atoms with van der Waals surface area (Å²) in [7, 11) is 3.59. The summed E-state index contributed by atoms with van der Waals surface area (Å²) in [5.74, 6) is -0.428. The highest BCUT2D eigenvalue weighted by molar-refractivity contribution is 6.04. The van der Waals surface area contributed by atoms with Crippen LogP contribution in [0.4, 0.5) is 24.5 Å². The molecule has 0 spiro atoms. The molecule has 0 atom stereocenters. The van der Waals surface area contributed by atoms with Gasteiger partial charge in [0.2, 0.25) is 11.8 Å². The molecule has 11 heteroatoms. The number of hydrogen-bond donors (Lipinski definition) is 2. The van der Waals surface area contributed by atoms with Crippen LogP contribution in [0.2, 0.25) is 0 Å². The summed E-state index contributed by atoms with van der Waals surface area (Å²) < 4.78 is 47.3. The number of methoxy groups -OCH3 is 1. The third kappa shape index (κ3) is 9.58. The number of nitrogens with zero attached hydrogens (tertiary/aromatic N) is 4. The third-order valence-corrected chi connectivity index (χ3v) is 6.56. The summed E-state index contributed by atoms with van der Waals surface area (Å²) in [6.45, 7) is 10.8. The molecule has 0 bridgehead atoms. The van der Waals surface area contributed by atoms with Crippen LogP contribution < -0.4 is 15.4 Å². The van der Waals surface area contributed by atoms with Gasteiger partial charge in [0.05, 0.1) is 24.1 Å². The molecule has 1 aromatic carbocycles. The first-order valence-electron chi connectivity index (χ1n) is 13.2. The Bertz CT molecular complexity index is 1310. The SMILES string of the molecule is C=CC(=O)Nc1cc(CN2CCN(C)CC2)ccc1N=C(N/C(C)=C\Cc1ccnc(OC)c1)/C(=C\C)C(F)(F)F. The van der Waals surface area contributed by atoms with Crippen LogP contribution in [0.25, 0.3) is 0 Å². The van der Waals surface area contributed by atoms with Gasteiger partial charge in [0.15, 0.2) is 0 Å². The van der Waals surface area contributed by atoms with E-state index in [0.29, 0.717) is 30.2 Å². The molecule has 2 heterocycles. The number of piperazine rings is 1. The van der Waals surface area contributed by atoms with Gasteiger partial charge in [-0.1, -0.05) is 24.8 Å². The zero-order valence-corrected chi connectivity index (χ0v) is 23.9. The first kappa shape index (κ1) is 31.6. The predicted molar refractivity (Wildman–Crippen MR) is 156 cm³/mol. The van der Waals surface area contributed by atoms with Gasteiger partial charge in [-0.15, -0.1) is 0 Å². The van der Waals surface area contributed by atoms with Gasteiger partial charge >= 0.3 is 6.18 Å². The van der Waals surface area contributed by atoms with E-state index in [1.54, 1.807) is 43.5 Å². The maximum absolute atomic E-state index is 14.1. The molecule has 0 saturated carbocycles. The number of rotatable bonds is 10. The molecule has 0 aliphatic carbocycles. The molecular weight excluding hydrogens is 533 g/mol. The van der Waals surface area contributed by atoms with Crippen LogP contribution in [0.1, 0.15) is 25.0 Å². The Balaban J connectivity index is 1.96. The number of likely N-dealkylation sites (N-methyl/N-ethyl adjacent to an activating group) is 1. The number of halogens is 3. The van der Waals surface area contributed by atoms with E-state index < -0.39 is 17.7 Å². The Morgan fingerprint density at radius 2 is 1.90 bits per heavy atom. The monoisotopic (exact) mass is 570 g/mol. The van der Waals surface area contributed by atoms with Crippen molar-refractivity contribution in [2.45, 2.75) is 33.0 Å². The van der Waals surface area contributed by atoms with Crippen LogP contribution in [0, 0.1) is 0 Å². The van der Waals surface area contributed by atoms with E-state index in [0.717, 1.165) is 49.5 Å². The lowest BCUT2D eigenvalue weighted by Gasteiger charge is -2.32. The van der Waals surface area contributed by atoms with Crippen molar-refractivity contribution in [3.8, 4) is 5.88 Å². The molecule has 1 fully saturated rings. The molecule has 1 aliphatic rings. The third-order valence-electron chi connectivity index (χ3n) is 6.56. The Hall–Kier alpha value is -3.96. The van der Waals surface area contributed by atoms with Gasteiger partial charge in [-0.05, 0) is 62.7 Å². The van der Waals surface area contributed by atoms with Crippen molar-refractivity contribution in [1.29, 1.82) is 0 Å². The molecule has 1 aromatic heterocycles. The lowest BCUT2D eigenvalue weighted by molar-refractivity contribution is -0.111. The van der Waals surface area contributed by atoms with Gasteiger partial charge in [-0.3, -0.25) is 9.69 Å². The Morgan fingerprint density at radius 3 is 2.54 bits per heavy atom. The maximum atomic E-state index is 14.1.